The third-order valence-electron chi connectivity index (χ3n) is 3.56. The van der Waals surface area contributed by atoms with Crippen LogP contribution < -0.4 is 5.73 Å². The average Bonchev–Trinajstić information content (AvgIpc) is 2.47. The molecule has 1 aromatic carbocycles. The van der Waals surface area contributed by atoms with E-state index in [4.69, 9.17) is 10.5 Å². The van der Waals surface area contributed by atoms with Crippen LogP contribution in [0.25, 0.3) is 0 Å². The number of hydrogen-bond donors (Lipinski definition) is 1. The van der Waals surface area contributed by atoms with Crippen molar-refractivity contribution in [3.8, 4) is 0 Å². The summed E-state index contributed by atoms with van der Waals surface area (Å²) in [6.07, 6.45) is -0.256. The molecule has 1 saturated heterocycles. The van der Waals surface area contributed by atoms with Crippen LogP contribution in [-0.4, -0.2) is 48.7 Å². The maximum atomic E-state index is 13.5. The summed E-state index contributed by atoms with van der Waals surface area (Å²) in [7, 11) is 0. The molecule has 1 aliphatic rings. The molecule has 0 aliphatic carbocycles. The highest BCUT2D eigenvalue weighted by Gasteiger charge is 2.21. The van der Waals surface area contributed by atoms with Crippen LogP contribution in [0.4, 0.5) is 9.18 Å². The Balaban J connectivity index is 1.89. The summed E-state index contributed by atoms with van der Waals surface area (Å²) in [5.74, 6) is -0.252. The Bertz CT molecular complexity index is 488. The van der Waals surface area contributed by atoms with E-state index in [1.807, 2.05) is 6.07 Å². The highest BCUT2D eigenvalue weighted by Crippen LogP contribution is 2.13. The van der Waals surface area contributed by atoms with Gasteiger partial charge in [0.05, 0.1) is 6.61 Å². The van der Waals surface area contributed by atoms with Crippen LogP contribution in [0.5, 0.6) is 0 Å². The minimum atomic E-state index is -0.256. The molecule has 0 saturated carbocycles. The summed E-state index contributed by atoms with van der Waals surface area (Å²) in [5, 5.41) is 0. The van der Waals surface area contributed by atoms with E-state index in [9.17, 15) is 9.18 Å². The summed E-state index contributed by atoms with van der Waals surface area (Å²) in [6, 6.07) is 4.93. The van der Waals surface area contributed by atoms with Crippen LogP contribution in [0.15, 0.2) is 18.2 Å². The average molecular weight is 295 g/mol. The topological polar surface area (TPSA) is 58.8 Å². The Labute approximate surface area is 124 Å². The van der Waals surface area contributed by atoms with E-state index in [-0.39, 0.29) is 11.9 Å². The number of piperazine rings is 1. The van der Waals surface area contributed by atoms with Crippen LogP contribution >= 0.6 is 0 Å². The molecule has 1 amide bonds. The molecule has 1 aromatic rings. The van der Waals surface area contributed by atoms with Gasteiger partial charge in [-0.2, -0.15) is 0 Å². The second kappa shape index (κ2) is 7.38. The first-order valence-electron chi connectivity index (χ1n) is 7.25. The monoisotopic (exact) mass is 295 g/mol. The number of benzene rings is 1. The summed E-state index contributed by atoms with van der Waals surface area (Å²) in [6.45, 7) is 5.98. The third kappa shape index (κ3) is 4.41. The van der Waals surface area contributed by atoms with Gasteiger partial charge in [0.1, 0.15) is 5.82 Å². The molecule has 0 bridgehead atoms. The van der Waals surface area contributed by atoms with Crippen molar-refractivity contribution in [3.05, 3.63) is 35.1 Å². The Morgan fingerprint density at radius 1 is 1.24 bits per heavy atom. The number of nitrogens with two attached hydrogens (primary N) is 1. The first-order valence-corrected chi connectivity index (χ1v) is 7.25. The Morgan fingerprint density at radius 2 is 1.90 bits per heavy atom. The van der Waals surface area contributed by atoms with Crippen LogP contribution in [-0.2, 0) is 17.8 Å². The quantitative estimate of drug-likeness (QED) is 0.916. The molecule has 0 aromatic heterocycles. The Morgan fingerprint density at radius 3 is 2.52 bits per heavy atom. The number of carbonyl (C=O) groups is 1. The van der Waals surface area contributed by atoms with E-state index in [1.165, 1.54) is 12.1 Å². The molecule has 1 fully saturated rings. The van der Waals surface area contributed by atoms with Gasteiger partial charge in [-0.05, 0) is 30.2 Å². The largest absolute Gasteiger partial charge is 0.450 e. The number of amides is 1. The van der Waals surface area contributed by atoms with Gasteiger partial charge in [0.15, 0.2) is 0 Å². The maximum Gasteiger partial charge on any atom is 0.409 e. The van der Waals surface area contributed by atoms with Crippen molar-refractivity contribution >= 4 is 6.09 Å². The highest BCUT2D eigenvalue weighted by atomic mass is 19.1. The van der Waals surface area contributed by atoms with Gasteiger partial charge in [0.2, 0.25) is 0 Å². The minimum Gasteiger partial charge on any atom is -0.450 e. The number of ether oxygens (including phenoxy) is 1. The van der Waals surface area contributed by atoms with E-state index in [0.717, 1.165) is 24.2 Å². The van der Waals surface area contributed by atoms with Crippen molar-refractivity contribution in [2.75, 3.05) is 32.8 Å². The zero-order chi connectivity index (χ0) is 15.2. The normalized spacial score (nSPS) is 16.0. The van der Waals surface area contributed by atoms with Gasteiger partial charge in [0.25, 0.3) is 0 Å². The fraction of sp³-hybridized carbons (Fsp3) is 0.533. The van der Waals surface area contributed by atoms with Crippen LogP contribution in [0, 0.1) is 5.82 Å². The predicted octanol–water partition coefficient (Wildman–Crippen LogP) is 1.56. The van der Waals surface area contributed by atoms with E-state index in [2.05, 4.69) is 4.90 Å². The zero-order valence-electron chi connectivity index (χ0n) is 12.3. The van der Waals surface area contributed by atoms with Gasteiger partial charge in [-0.15, -0.1) is 0 Å². The first kappa shape index (κ1) is 15.7. The number of carbonyl (C=O) groups excluding carboxylic acids is 1. The van der Waals surface area contributed by atoms with Gasteiger partial charge < -0.3 is 15.4 Å². The molecule has 21 heavy (non-hydrogen) atoms. The van der Waals surface area contributed by atoms with Crippen molar-refractivity contribution in [1.29, 1.82) is 0 Å². The van der Waals surface area contributed by atoms with Crippen molar-refractivity contribution in [2.45, 2.75) is 20.0 Å². The molecule has 6 heteroatoms. The van der Waals surface area contributed by atoms with E-state index in [1.54, 1.807) is 11.8 Å². The standard InChI is InChI=1S/C15H22FN3O2/c1-2-21-15(20)19-5-3-18(4-6-19)11-13-7-12(10-17)8-14(16)9-13/h7-9H,2-6,10-11,17H2,1H3. The molecule has 2 rings (SSSR count). The first-order chi connectivity index (χ1) is 10.1. The SMILES string of the molecule is CCOC(=O)N1CCN(Cc2cc(F)cc(CN)c2)CC1. The summed E-state index contributed by atoms with van der Waals surface area (Å²) in [5.41, 5.74) is 7.28. The summed E-state index contributed by atoms with van der Waals surface area (Å²) >= 11 is 0. The molecule has 0 radical (unpaired) electrons. The highest BCUT2D eigenvalue weighted by molar-refractivity contribution is 5.67. The Kier molecular flexibility index (Phi) is 5.52. The zero-order valence-corrected chi connectivity index (χ0v) is 12.3. The minimum absolute atomic E-state index is 0.252. The smallest absolute Gasteiger partial charge is 0.409 e. The molecule has 1 aliphatic heterocycles. The van der Waals surface area contributed by atoms with E-state index in [0.29, 0.717) is 32.8 Å². The molecule has 116 valence electrons. The van der Waals surface area contributed by atoms with Crippen LogP contribution in [0.3, 0.4) is 0 Å². The Hall–Kier alpha value is -1.66. The third-order valence-corrected chi connectivity index (χ3v) is 3.56. The van der Waals surface area contributed by atoms with Crippen molar-refractivity contribution in [1.82, 2.24) is 9.80 Å². The number of rotatable bonds is 4. The summed E-state index contributed by atoms with van der Waals surface area (Å²) < 4.78 is 18.5. The lowest BCUT2D eigenvalue weighted by atomic mass is 10.1. The number of halogens is 1. The van der Waals surface area contributed by atoms with Gasteiger partial charge in [-0.1, -0.05) is 6.07 Å². The van der Waals surface area contributed by atoms with E-state index < -0.39 is 0 Å². The molecule has 2 N–H and O–H groups in total. The maximum absolute atomic E-state index is 13.5. The second-order valence-corrected chi connectivity index (χ2v) is 5.13. The van der Waals surface area contributed by atoms with Crippen LogP contribution in [0.2, 0.25) is 0 Å². The van der Waals surface area contributed by atoms with Crippen molar-refractivity contribution in [3.63, 3.8) is 0 Å². The van der Waals surface area contributed by atoms with Crippen LogP contribution in [0.1, 0.15) is 18.1 Å². The van der Waals surface area contributed by atoms with E-state index >= 15 is 0 Å². The van der Waals surface area contributed by atoms with Gasteiger partial charge in [-0.25, -0.2) is 9.18 Å². The fourth-order valence-corrected chi connectivity index (χ4v) is 2.49. The summed E-state index contributed by atoms with van der Waals surface area (Å²) in [4.78, 5) is 15.5. The molecule has 0 unspecified atom stereocenters. The number of nitrogens with zero attached hydrogens (tertiary/aromatic N) is 2. The molecular formula is C15H22FN3O2. The van der Waals surface area contributed by atoms with Gasteiger partial charge >= 0.3 is 6.09 Å². The molecule has 0 spiro atoms. The number of hydrogen-bond acceptors (Lipinski definition) is 4. The molecule has 5 nitrogen and oxygen atoms in total. The molecule has 1 heterocycles. The van der Waals surface area contributed by atoms with Gasteiger partial charge in [0, 0.05) is 39.3 Å². The fourth-order valence-electron chi connectivity index (χ4n) is 2.49. The lowest BCUT2D eigenvalue weighted by molar-refractivity contribution is 0.0778. The predicted molar refractivity (Wildman–Crippen MR) is 78.2 cm³/mol. The van der Waals surface area contributed by atoms with Crippen molar-refractivity contribution in [2.24, 2.45) is 5.73 Å². The van der Waals surface area contributed by atoms with Gasteiger partial charge in [-0.3, -0.25) is 4.90 Å². The lowest BCUT2D eigenvalue weighted by Crippen LogP contribution is -2.48. The van der Waals surface area contributed by atoms with Crippen molar-refractivity contribution < 1.29 is 13.9 Å². The second-order valence-electron chi connectivity index (χ2n) is 5.13. The molecular weight excluding hydrogens is 273 g/mol. The lowest BCUT2D eigenvalue weighted by Gasteiger charge is -2.34. The molecule has 0 atom stereocenters.